The van der Waals surface area contributed by atoms with Crippen molar-refractivity contribution in [2.24, 2.45) is 0 Å². The van der Waals surface area contributed by atoms with Crippen LogP contribution in [0.1, 0.15) is 46.5 Å². The molecule has 4 atom stereocenters. The van der Waals surface area contributed by atoms with Crippen molar-refractivity contribution in [3.63, 3.8) is 0 Å². The van der Waals surface area contributed by atoms with Crippen LogP contribution in [0, 0.1) is 0 Å². The number of aliphatic hydroxyl groups excluding tert-OH is 1. The second-order valence-corrected chi connectivity index (χ2v) is 5.95. The molecule has 1 rings (SSSR count). The Balaban J connectivity index is 2.41. The van der Waals surface area contributed by atoms with E-state index < -0.39 is 6.23 Å². The zero-order chi connectivity index (χ0) is 15.1. The number of hydrogen-bond acceptors (Lipinski definition) is 3. The first-order valence-electron chi connectivity index (χ1n) is 7.65. The summed E-state index contributed by atoms with van der Waals surface area (Å²) >= 11 is 0. The van der Waals surface area contributed by atoms with Crippen LogP contribution in [0.25, 0.3) is 0 Å². The van der Waals surface area contributed by atoms with Crippen molar-refractivity contribution >= 4 is 0 Å². The van der Waals surface area contributed by atoms with Crippen molar-refractivity contribution in [3.8, 4) is 0 Å². The van der Waals surface area contributed by atoms with Gasteiger partial charge in [-0.05, 0) is 33.1 Å². The summed E-state index contributed by atoms with van der Waals surface area (Å²) in [6.45, 7) is 14.2. The van der Waals surface area contributed by atoms with Crippen molar-refractivity contribution in [1.82, 2.24) is 10.6 Å². The summed E-state index contributed by atoms with van der Waals surface area (Å²) in [5, 5.41) is 17.0. The molecule has 0 saturated carbocycles. The van der Waals surface area contributed by atoms with Gasteiger partial charge in [0.2, 0.25) is 0 Å². The first kappa shape index (κ1) is 17.2. The van der Waals surface area contributed by atoms with E-state index >= 15 is 0 Å². The van der Waals surface area contributed by atoms with Crippen molar-refractivity contribution in [1.29, 1.82) is 0 Å². The maximum absolute atomic E-state index is 10.1. The van der Waals surface area contributed by atoms with Gasteiger partial charge in [-0.15, -0.1) is 0 Å². The Kier molecular flexibility index (Phi) is 7.20. The molecule has 0 aliphatic carbocycles. The summed E-state index contributed by atoms with van der Waals surface area (Å²) < 4.78 is 0. The molecule has 20 heavy (non-hydrogen) atoms. The van der Waals surface area contributed by atoms with Gasteiger partial charge in [0.1, 0.15) is 6.23 Å². The third kappa shape index (κ3) is 5.61. The number of rotatable bonds is 7. The fraction of sp³-hybridized carbons (Fsp3) is 0.647. The first-order valence-corrected chi connectivity index (χ1v) is 7.65. The van der Waals surface area contributed by atoms with E-state index in [1.165, 1.54) is 0 Å². The van der Waals surface area contributed by atoms with Gasteiger partial charge >= 0.3 is 0 Å². The Hall–Kier alpha value is -0.900. The van der Waals surface area contributed by atoms with E-state index in [0.29, 0.717) is 6.04 Å². The maximum atomic E-state index is 10.1. The summed E-state index contributed by atoms with van der Waals surface area (Å²) in [4.78, 5) is 0. The molecule has 1 aliphatic heterocycles. The molecule has 4 unspecified atom stereocenters. The molecular weight excluding hydrogens is 248 g/mol. The minimum absolute atomic E-state index is 0.165. The molecule has 3 heteroatoms. The lowest BCUT2D eigenvalue weighted by atomic mass is 9.95. The van der Waals surface area contributed by atoms with Gasteiger partial charge in [0, 0.05) is 18.1 Å². The SMILES string of the molecule is C=C(C)/C=C\C(=C)CCC1NC(O)C(CCC)NC1C. The molecule has 0 amide bonds. The van der Waals surface area contributed by atoms with Crippen LogP contribution in [-0.2, 0) is 0 Å². The van der Waals surface area contributed by atoms with Crippen LogP contribution in [-0.4, -0.2) is 29.5 Å². The van der Waals surface area contributed by atoms with Gasteiger partial charge in [0.05, 0.1) is 0 Å². The molecule has 1 aliphatic rings. The molecule has 0 aromatic heterocycles. The Morgan fingerprint density at radius 2 is 1.85 bits per heavy atom. The number of nitrogens with one attached hydrogen (secondary N) is 2. The third-order valence-electron chi connectivity index (χ3n) is 3.83. The number of allylic oxidation sites excluding steroid dienone is 4. The van der Waals surface area contributed by atoms with Crippen molar-refractivity contribution in [2.45, 2.75) is 70.8 Å². The van der Waals surface area contributed by atoms with E-state index in [0.717, 1.165) is 36.8 Å². The number of piperazine rings is 1. The topological polar surface area (TPSA) is 44.3 Å². The minimum atomic E-state index is -0.449. The molecule has 114 valence electrons. The van der Waals surface area contributed by atoms with E-state index in [9.17, 15) is 5.11 Å². The Bertz CT molecular complexity index is 362. The molecule has 0 radical (unpaired) electrons. The van der Waals surface area contributed by atoms with Crippen molar-refractivity contribution in [3.05, 3.63) is 36.5 Å². The van der Waals surface area contributed by atoms with Gasteiger partial charge in [0.25, 0.3) is 0 Å². The highest BCUT2D eigenvalue weighted by Crippen LogP contribution is 2.16. The number of aliphatic hydroxyl groups is 1. The lowest BCUT2D eigenvalue weighted by Crippen LogP contribution is -2.64. The Morgan fingerprint density at radius 3 is 2.45 bits per heavy atom. The summed E-state index contributed by atoms with van der Waals surface area (Å²) in [6, 6.07) is 0.818. The molecule has 0 spiro atoms. The van der Waals surface area contributed by atoms with Crippen LogP contribution in [0.2, 0.25) is 0 Å². The predicted molar refractivity (Wildman–Crippen MR) is 86.6 cm³/mol. The predicted octanol–water partition coefficient (Wildman–Crippen LogP) is 2.89. The highest BCUT2D eigenvalue weighted by Gasteiger charge is 2.31. The van der Waals surface area contributed by atoms with E-state index in [2.05, 4.69) is 37.6 Å². The standard InChI is InChI=1S/C17H30N2O/c1-6-7-16-17(20)19-15(14(5)18-16)11-10-13(4)9-8-12(2)3/h8-9,14-20H,2,4,6-7,10-11H2,1,3,5H3/b9-8-. The maximum Gasteiger partial charge on any atom is 0.120 e. The van der Waals surface area contributed by atoms with Crippen LogP contribution in [0.15, 0.2) is 36.5 Å². The molecule has 3 nitrogen and oxygen atoms in total. The molecule has 1 heterocycles. The molecule has 0 aromatic rings. The average molecular weight is 278 g/mol. The average Bonchev–Trinajstić information content (AvgIpc) is 2.39. The summed E-state index contributed by atoms with van der Waals surface area (Å²) in [5.41, 5.74) is 2.14. The lowest BCUT2D eigenvalue weighted by molar-refractivity contribution is 0.0342. The number of hydrogen-bond donors (Lipinski definition) is 3. The van der Waals surface area contributed by atoms with Gasteiger partial charge in [-0.2, -0.15) is 0 Å². The Morgan fingerprint density at radius 1 is 1.15 bits per heavy atom. The highest BCUT2D eigenvalue weighted by molar-refractivity contribution is 5.23. The molecule has 0 aromatic carbocycles. The van der Waals surface area contributed by atoms with E-state index in [1.54, 1.807) is 0 Å². The fourth-order valence-corrected chi connectivity index (χ4v) is 2.59. The zero-order valence-corrected chi connectivity index (χ0v) is 13.2. The normalized spacial score (nSPS) is 30.6. The minimum Gasteiger partial charge on any atom is -0.377 e. The molecular formula is C17H30N2O. The summed E-state index contributed by atoms with van der Waals surface area (Å²) in [7, 11) is 0. The zero-order valence-electron chi connectivity index (χ0n) is 13.2. The Labute approximate surface area is 123 Å². The van der Waals surface area contributed by atoms with Gasteiger partial charge in [-0.3, -0.25) is 5.32 Å². The second kappa shape index (κ2) is 8.40. The van der Waals surface area contributed by atoms with E-state index in [-0.39, 0.29) is 12.1 Å². The molecule has 3 N–H and O–H groups in total. The highest BCUT2D eigenvalue weighted by atomic mass is 16.3. The van der Waals surface area contributed by atoms with Crippen LogP contribution in [0.5, 0.6) is 0 Å². The summed E-state index contributed by atoms with van der Waals surface area (Å²) in [5.74, 6) is 0. The monoisotopic (exact) mass is 278 g/mol. The smallest absolute Gasteiger partial charge is 0.120 e. The lowest BCUT2D eigenvalue weighted by Gasteiger charge is -2.40. The third-order valence-corrected chi connectivity index (χ3v) is 3.83. The van der Waals surface area contributed by atoms with Crippen molar-refractivity contribution in [2.75, 3.05) is 0 Å². The second-order valence-electron chi connectivity index (χ2n) is 5.95. The van der Waals surface area contributed by atoms with Crippen LogP contribution < -0.4 is 10.6 Å². The quantitative estimate of drug-likeness (QED) is 0.627. The first-order chi connectivity index (χ1) is 9.43. The van der Waals surface area contributed by atoms with Crippen LogP contribution in [0.4, 0.5) is 0 Å². The fourth-order valence-electron chi connectivity index (χ4n) is 2.59. The van der Waals surface area contributed by atoms with E-state index in [4.69, 9.17) is 0 Å². The molecule has 1 fully saturated rings. The van der Waals surface area contributed by atoms with E-state index in [1.807, 2.05) is 19.1 Å². The summed E-state index contributed by atoms with van der Waals surface area (Å²) in [6.07, 6.45) is 7.55. The molecule has 0 bridgehead atoms. The van der Waals surface area contributed by atoms with Gasteiger partial charge in [0.15, 0.2) is 0 Å². The van der Waals surface area contributed by atoms with Crippen LogP contribution >= 0.6 is 0 Å². The van der Waals surface area contributed by atoms with Gasteiger partial charge < -0.3 is 10.4 Å². The van der Waals surface area contributed by atoms with Crippen LogP contribution in [0.3, 0.4) is 0 Å². The largest absolute Gasteiger partial charge is 0.377 e. The molecule has 1 saturated heterocycles. The van der Waals surface area contributed by atoms with Gasteiger partial charge in [-0.1, -0.05) is 49.8 Å². The van der Waals surface area contributed by atoms with Gasteiger partial charge in [-0.25, -0.2) is 0 Å². The van der Waals surface area contributed by atoms with Crippen molar-refractivity contribution < 1.29 is 5.11 Å².